The summed E-state index contributed by atoms with van der Waals surface area (Å²) in [6.45, 7) is -0.417. The van der Waals surface area contributed by atoms with Gasteiger partial charge in [0.2, 0.25) is 0 Å². The molecule has 3 aromatic rings. The SMILES string of the molecule is COC(=O)c1ccccc1NC(=O)COC(=O)CCCSc1nc2ccccc2s1. The number of esters is 2. The smallest absolute Gasteiger partial charge is 0.339 e. The number of thioether (sulfide) groups is 1. The molecule has 1 N–H and O–H groups in total. The van der Waals surface area contributed by atoms with Crippen molar-refractivity contribution < 1.29 is 23.9 Å². The minimum absolute atomic E-state index is 0.212. The van der Waals surface area contributed by atoms with Crippen molar-refractivity contribution in [2.75, 3.05) is 24.8 Å². The van der Waals surface area contributed by atoms with Gasteiger partial charge in [-0.15, -0.1) is 11.3 Å². The molecule has 0 unspecified atom stereocenters. The normalized spacial score (nSPS) is 10.6. The van der Waals surface area contributed by atoms with Crippen molar-refractivity contribution in [3.63, 3.8) is 0 Å². The molecular formula is C21H20N2O5S2. The average Bonchev–Trinajstić information content (AvgIpc) is 3.18. The van der Waals surface area contributed by atoms with Crippen LogP contribution in [0.4, 0.5) is 5.69 Å². The van der Waals surface area contributed by atoms with Gasteiger partial charge in [0, 0.05) is 12.2 Å². The molecule has 0 bridgehead atoms. The maximum Gasteiger partial charge on any atom is 0.339 e. The van der Waals surface area contributed by atoms with Crippen molar-refractivity contribution in [2.24, 2.45) is 0 Å². The highest BCUT2D eigenvalue weighted by molar-refractivity contribution is 8.01. The molecule has 1 heterocycles. The van der Waals surface area contributed by atoms with Crippen molar-refractivity contribution in [1.82, 2.24) is 4.98 Å². The predicted octanol–water partition coefficient (Wildman–Crippen LogP) is 4.14. The second-order valence-electron chi connectivity index (χ2n) is 6.15. The first-order valence-electron chi connectivity index (χ1n) is 9.18. The first-order valence-corrected chi connectivity index (χ1v) is 11.0. The van der Waals surface area contributed by atoms with Crippen molar-refractivity contribution in [3.05, 3.63) is 54.1 Å². The van der Waals surface area contributed by atoms with E-state index in [0.717, 1.165) is 20.3 Å². The van der Waals surface area contributed by atoms with Gasteiger partial charge >= 0.3 is 11.9 Å². The fraction of sp³-hybridized carbons (Fsp3) is 0.238. The summed E-state index contributed by atoms with van der Waals surface area (Å²) in [5.41, 5.74) is 1.51. The van der Waals surface area contributed by atoms with Crippen LogP contribution in [0.3, 0.4) is 0 Å². The van der Waals surface area contributed by atoms with Crippen LogP contribution in [-0.4, -0.2) is 42.3 Å². The Morgan fingerprint density at radius 1 is 1.10 bits per heavy atom. The van der Waals surface area contributed by atoms with Crippen molar-refractivity contribution in [2.45, 2.75) is 17.2 Å². The van der Waals surface area contributed by atoms with E-state index in [4.69, 9.17) is 4.74 Å². The summed E-state index contributed by atoms with van der Waals surface area (Å²) in [5.74, 6) is -0.804. The van der Waals surface area contributed by atoms with Crippen LogP contribution in [0.25, 0.3) is 10.2 Å². The number of ether oxygens (including phenoxy) is 2. The lowest BCUT2D eigenvalue weighted by atomic mass is 10.2. The fourth-order valence-electron chi connectivity index (χ4n) is 2.57. The number of benzene rings is 2. The molecule has 0 spiro atoms. The third-order valence-corrected chi connectivity index (χ3v) is 6.26. The summed E-state index contributed by atoms with van der Waals surface area (Å²) in [6.07, 6.45) is 0.830. The largest absolute Gasteiger partial charge is 0.465 e. The van der Waals surface area contributed by atoms with Crippen LogP contribution < -0.4 is 5.32 Å². The molecule has 0 saturated carbocycles. The van der Waals surface area contributed by atoms with Crippen LogP contribution in [-0.2, 0) is 19.1 Å². The number of rotatable bonds is 9. The van der Waals surface area contributed by atoms with Gasteiger partial charge < -0.3 is 14.8 Å². The number of anilines is 1. The zero-order chi connectivity index (χ0) is 21.3. The summed E-state index contributed by atoms with van der Waals surface area (Å²) in [6, 6.07) is 14.4. The van der Waals surface area contributed by atoms with Gasteiger partial charge in [0.25, 0.3) is 5.91 Å². The van der Waals surface area contributed by atoms with E-state index >= 15 is 0 Å². The van der Waals surface area contributed by atoms with Gasteiger partial charge in [0.05, 0.1) is 28.6 Å². The lowest BCUT2D eigenvalue weighted by Gasteiger charge is -2.10. The quantitative estimate of drug-likeness (QED) is 0.301. The Hall–Kier alpha value is -2.91. The van der Waals surface area contributed by atoms with E-state index in [1.165, 1.54) is 13.2 Å². The van der Waals surface area contributed by atoms with Crippen LogP contribution >= 0.6 is 23.1 Å². The second kappa shape index (κ2) is 10.7. The minimum Gasteiger partial charge on any atom is -0.465 e. The molecule has 0 aliphatic rings. The summed E-state index contributed by atoms with van der Waals surface area (Å²) in [5, 5.41) is 2.55. The summed E-state index contributed by atoms with van der Waals surface area (Å²) in [7, 11) is 1.26. The van der Waals surface area contributed by atoms with E-state index in [-0.39, 0.29) is 12.0 Å². The van der Waals surface area contributed by atoms with E-state index in [2.05, 4.69) is 15.0 Å². The third-order valence-electron chi connectivity index (χ3n) is 4.00. The molecule has 0 fully saturated rings. The molecule has 3 rings (SSSR count). The molecule has 30 heavy (non-hydrogen) atoms. The lowest BCUT2D eigenvalue weighted by Crippen LogP contribution is -2.22. The van der Waals surface area contributed by atoms with E-state index in [0.29, 0.717) is 12.1 Å². The van der Waals surface area contributed by atoms with Gasteiger partial charge in [0.1, 0.15) is 0 Å². The number of nitrogens with one attached hydrogen (secondary N) is 1. The van der Waals surface area contributed by atoms with Gasteiger partial charge in [0.15, 0.2) is 10.9 Å². The Bertz CT molecular complexity index is 1020. The molecular weight excluding hydrogens is 424 g/mol. The summed E-state index contributed by atoms with van der Waals surface area (Å²) < 4.78 is 11.8. The molecule has 9 heteroatoms. The van der Waals surface area contributed by atoms with Crippen LogP contribution in [0.5, 0.6) is 0 Å². The molecule has 2 aromatic carbocycles. The first kappa shape index (κ1) is 21.8. The zero-order valence-electron chi connectivity index (χ0n) is 16.3. The van der Waals surface area contributed by atoms with Gasteiger partial charge in [-0.3, -0.25) is 9.59 Å². The molecule has 7 nitrogen and oxygen atoms in total. The number of fused-ring (bicyclic) bond motifs is 1. The van der Waals surface area contributed by atoms with E-state index in [1.54, 1.807) is 41.3 Å². The van der Waals surface area contributed by atoms with Crippen LogP contribution in [0.15, 0.2) is 52.9 Å². The Morgan fingerprint density at radius 2 is 1.87 bits per heavy atom. The molecule has 0 radical (unpaired) electrons. The molecule has 0 aliphatic carbocycles. The van der Waals surface area contributed by atoms with Gasteiger partial charge in [-0.1, -0.05) is 36.0 Å². The fourth-order valence-corrected chi connectivity index (χ4v) is 4.65. The maximum absolute atomic E-state index is 12.0. The Kier molecular flexibility index (Phi) is 7.81. The number of methoxy groups -OCH3 is 1. The zero-order valence-corrected chi connectivity index (χ0v) is 17.9. The number of amides is 1. The topological polar surface area (TPSA) is 94.6 Å². The Labute approximate surface area is 181 Å². The number of carbonyl (C=O) groups is 3. The van der Waals surface area contributed by atoms with Crippen molar-refractivity contribution in [1.29, 1.82) is 0 Å². The average molecular weight is 445 g/mol. The molecule has 156 valence electrons. The van der Waals surface area contributed by atoms with E-state index < -0.39 is 24.5 Å². The molecule has 0 atom stereocenters. The van der Waals surface area contributed by atoms with Crippen LogP contribution in [0.2, 0.25) is 0 Å². The summed E-state index contributed by atoms with van der Waals surface area (Å²) in [4.78, 5) is 40.2. The number of carbonyl (C=O) groups excluding carboxylic acids is 3. The van der Waals surface area contributed by atoms with Crippen LogP contribution in [0.1, 0.15) is 23.2 Å². The molecule has 0 saturated heterocycles. The van der Waals surface area contributed by atoms with Gasteiger partial charge in [-0.05, 0) is 30.7 Å². The first-order chi connectivity index (χ1) is 14.6. The van der Waals surface area contributed by atoms with Crippen molar-refractivity contribution in [3.8, 4) is 0 Å². The highest BCUT2D eigenvalue weighted by atomic mass is 32.2. The Balaban J connectivity index is 1.37. The standard InChI is InChI=1S/C21H20N2O5S2/c1-27-20(26)14-7-2-3-8-15(14)22-18(24)13-28-19(25)11-6-12-29-21-23-16-9-4-5-10-17(16)30-21/h2-5,7-10H,6,11-13H2,1H3,(H,22,24). The highest BCUT2D eigenvalue weighted by Crippen LogP contribution is 2.29. The third kappa shape index (κ3) is 6.04. The molecule has 0 aliphatic heterocycles. The second-order valence-corrected chi connectivity index (χ2v) is 8.52. The number of hydrogen-bond donors (Lipinski definition) is 1. The monoisotopic (exact) mass is 444 g/mol. The molecule has 1 amide bonds. The van der Waals surface area contributed by atoms with Crippen LogP contribution in [0, 0.1) is 0 Å². The van der Waals surface area contributed by atoms with E-state index in [1.807, 2.05) is 24.3 Å². The number of hydrogen-bond acceptors (Lipinski definition) is 8. The maximum atomic E-state index is 12.0. The summed E-state index contributed by atoms with van der Waals surface area (Å²) >= 11 is 3.22. The highest BCUT2D eigenvalue weighted by Gasteiger charge is 2.14. The van der Waals surface area contributed by atoms with E-state index in [9.17, 15) is 14.4 Å². The number of nitrogens with zero attached hydrogens (tertiary/aromatic N) is 1. The van der Waals surface area contributed by atoms with Gasteiger partial charge in [-0.25, -0.2) is 9.78 Å². The number of aromatic nitrogens is 1. The van der Waals surface area contributed by atoms with Crippen molar-refractivity contribution >= 4 is 56.8 Å². The predicted molar refractivity (Wildman–Crippen MR) is 117 cm³/mol. The minimum atomic E-state index is -0.562. The number of thiazole rings is 1. The Morgan fingerprint density at radius 3 is 2.67 bits per heavy atom. The number of para-hydroxylation sites is 2. The molecule has 1 aromatic heterocycles. The lowest BCUT2D eigenvalue weighted by molar-refractivity contribution is -0.147. The van der Waals surface area contributed by atoms with Gasteiger partial charge in [-0.2, -0.15) is 0 Å².